The first kappa shape index (κ1) is 13.0. The number of nitrogens with one attached hydrogen (secondary N) is 1. The molecule has 1 aromatic heterocycles. The van der Waals surface area contributed by atoms with Crippen molar-refractivity contribution in [2.45, 2.75) is 18.2 Å². The van der Waals surface area contributed by atoms with Crippen molar-refractivity contribution in [2.75, 3.05) is 11.1 Å². The van der Waals surface area contributed by atoms with Gasteiger partial charge in [0, 0.05) is 17.2 Å². The van der Waals surface area contributed by atoms with Crippen LogP contribution in [0.25, 0.3) is 0 Å². The third-order valence-corrected chi connectivity index (χ3v) is 3.98. The van der Waals surface area contributed by atoms with E-state index in [0.717, 1.165) is 16.8 Å². The van der Waals surface area contributed by atoms with Gasteiger partial charge in [-0.2, -0.15) is 0 Å². The molecule has 0 aliphatic rings. The molecule has 0 unspecified atom stereocenters. The second kappa shape index (κ2) is 5.92. The van der Waals surface area contributed by atoms with E-state index in [9.17, 15) is 4.79 Å². The second-order valence-corrected chi connectivity index (χ2v) is 5.74. The van der Waals surface area contributed by atoms with E-state index in [1.165, 1.54) is 23.3 Å². The van der Waals surface area contributed by atoms with Crippen LogP contribution in [0.3, 0.4) is 0 Å². The molecule has 2 aromatic rings. The molecular formula is C11H12N4OS2. The maximum Gasteiger partial charge on any atom is 0.234 e. The predicted octanol–water partition coefficient (Wildman–Crippen LogP) is 2.28. The summed E-state index contributed by atoms with van der Waals surface area (Å²) < 4.78 is 4.34. The maximum absolute atomic E-state index is 11.8. The quantitative estimate of drug-likeness (QED) is 0.870. The van der Waals surface area contributed by atoms with Crippen LogP contribution in [0.1, 0.15) is 11.1 Å². The Morgan fingerprint density at radius 2 is 2.28 bits per heavy atom. The summed E-state index contributed by atoms with van der Waals surface area (Å²) in [5.74, 6) is 0.258. The van der Waals surface area contributed by atoms with Crippen LogP contribution in [0, 0.1) is 13.8 Å². The normalized spacial score (nSPS) is 10.3. The number of aromatic nitrogens is 3. The number of benzene rings is 1. The van der Waals surface area contributed by atoms with Gasteiger partial charge in [-0.25, -0.2) is 0 Å². The molecule has 0 bridgehead atoms. The number of thioether (sulfide) groups is 1. The average molecular weight is 280 g/mol. The van der Waals surface area contributed by atoms with E-state index in [1.807, 2.05) is 32.0 Å². The molecule has 0 fully saturated rings. The van der Waals surface area contributed by atoms with Crippen LogP contribution < -0.4 is 5.32 Å². The van der Waals surface area contributed by atoms with Crippen LogP contribution in [0.4, 0.5) is 5.69 Å². The molecule has 0 saturated carbocycles. The van der Waals surface area contributed by atoms with Gasteiger partial charge >= 0.3 is 0 Å². The summed E-state index contributed by atoms with van der Waals surface area (Å²) in [6.45, 7) is 3.97. The van der Waals surface area contributed by atoms with Gasteiger partial charge in [0.1, 0.15) is 0 Å². The fraction of sp³-hybridized carbons (Fsp3) is 0.273. The van der Waals surface area contributed by atoms with Crippen LogP contribution in [0.2, 0.25) is 0 Å². The molecule has 5 nitrogen and oxygen atoms in total. The standard InChI is InChI=1S/C11H12N4OS2/c1-7-3-4-8(2)9(5-7)12-10(16)6-17-11-13-14-15-18-11/h3-5H,6H2,1-2H3,(H,12,16). The van der Waals surface area contributed by atoms with Crippen molar-refractivity contribution in [2.24, 2.45) is 0 Å². The molecular weight excluding hydrogens is 268 g/mol. The Labute approximate surface area is 113 Å². The van der Waals surface area contributed by atoms with Gasteiger partial charge in [0.25, 0.3) is 0 Å². The monoisotopic (exact) mass is 280 g/mol. The summed E-state index contributed by atoms with van der Waals surface area (Å²) in [7, 11) is 0. The first-order valence-electron chi connectivity index (χ1n) is 5.30. The minimum Gasteiger partial charge on any atom is -0.325 e. The highest BCUT2D eigenvalue weighted by Crippen LogP contribution is 2.19. The Hall–Kier alpha value is -1.47. The molecule has 2 rings (SSSR count). The second-order valence-electron chi connectivity index (χ2n) is 3.78. The lowest BCUT2D eigenvalue weighted by Crippen LogP contribution is -2.14. The number of hydrogen-bond donors (Lipinski definition) is 1. The zero-order valence-electron chi connectivity index (χ0n) is 10.0. The van der Waals surface area contributed by atoms with E-state index in [1.54, 1.807) is 0 Å². The highest BCUT2D eigenvalue weighted by Gasteiger charge is 2.07. The number of aryl methyl sites for hydroxylation is 2. The lowest BCUT2D eigenvalue weighted by molar-refractivity contribution is -0.113. The molecule has 7 heteroatoms. The van der Waals surface area contributed by atoms with Crippen molar-refractivity contribution >= 4 is 34.9 Å². The van der Waals surface area contributed by atoms with Gasteiger partial charge in [-0.05, 0) is 36.3 Å². The first-order valence-corrected chi connectivity index (χ1v) is 7.06. The lowest BCUT2D eigenvalue weighted by atomic mass is 10.1. The van der Waals surface area contributed by atoms with Crippen molar-refractivity contribution in [3.8, 4) is 0 Å². The zero-order chi connectivity index (χ0) is 13.0. The summed E-state index contributed by atoms with van der Waals surface area (Å²) in [5.41, 5.74) is 3.03. The molecule has 0 saturated heterocycles. The van der Waals surface area contributed by atoms with Gasteiger partial charge in [0.05, 0.1) is 5.75 Å². The van der Waals surface area contributed by atoms with Crippen molar-refractivity contribution in [3.63, 3.8) is 0 Å². The lowest BCUT2D eigenvalue weighted by Gasteiger charge is -2.08. The van der Waals surface area contributed by atoms with E-state index in [-0.39, 0.29) is 5.91 Å². The summed E-state index contributed by atoms with van der Waals surface area (Å²) in [6.07, 6.45) is 0. The molecule has 0 atom stereocenters. The van der Waals surface area contributed by atoms with Gasteiger partial charge in [-0.3, -0.25) is 4.79 Å². The highest BCUT2D eigenvalue weighted by atomic mass is 32.2. The van der Waals surface area contributed by atoms with Crippen LogP contribution in [-0.4, -0.2) is 26.5 Å². The molecule has 1 N–H and O–H groups in total. The fourth-order valence-corrected chi connectivity index (χ4v) is 2.49. The number of rotatable bonds is 4. The molecule has 1 amide bonds. The van der Waals surface area contributed by atoms with Crippen molar-refractivity contribution in [3.05, 3.63) is 29.3 Å². The molecule has 1 aromatic carbocycles. The molecule has 0 spiro atoms. The largest absolute Gasteiger partial charge is 0.325 e. The predicted molar refractivity (Wildman–Crippen MR) is 73.0 cm³/mol. The minimum absolute atomic E-state index is 0.0519. The summed E-state index contributed by atoms with van der Waals surface area (Å²) in [6, 6.07) is 5.98. The smallest absolute Gasteiger partial charge is 0.234 e. The maximum atomic E-state index is 11.8. The van der Waals surface area contributed by atoms with Gasteiger partial charge in [0.2, 0.25) is 5.91 Å². The minimum atomic E-state index is -0.0519. The Morgan fingerprint density at radius 1 is 1.44 bits per heavy atom. The Balaban J connectivity index is 1.92. The van der Waals surface area contributed by atoms with Crippen LogP contribution in [-0.2, 0) is 4.79 Å². The van der Waals surface area contributed by atoms with Crippen molar-refractivity contribution in [1.29, 1.82) is 0 Å². The Morgan fingerprint density at radius 3 is 3.00 bits per heavy atom. The van der Waals surface area contributed by atoms with E-state index in [2.05, 4.69) is 20.1 Å². The number of anilines is 1. The van der Waals surface area contributed by atoms with Crippen molar-refractivity contribution in [1.82, 2.24) is 14.8 Å². The number of carbonyl (C=O) groups excluding carboxylic acids is 1. The molecule has 94 valence electrons. The molecule has 1 heterocycles. The fourth-order valence-electron chi connectivity index (χ4n) is 1.37. The third-order valence-electron chi connectivity index (χ3n) is 2.28. The summed E-state index contributed by atoms with van der Waals surface area (Å²) in [5, 5.41) is 10.1. The number of nitrogens with zero attached hydrogens (tertiary/aromatic N) is 3. The van der Waals surface area contributed by atoms with Crippen molar-refractivity contribution < 1.29 is 4.79 Å². The van der Waals surface area contributed by atoms with Crippen LogP contribution in [0.15, 0.2) is 22.5 Å². The van der Waals surface area contributed by atoms with Gasteiger partial charge in [-0.1, -0.05) is 28.4 Å². The molecule has 0 aliphatic carbocycles. The number of hydrogen-bond acceptors (Lipinski definition) is 6. The molecule has 0 radical (unpaired) electrons. The zero-order valence-corrected chi connectivity index (χ0v) is 11.6. The summed E-state index contributed by atoms with van der Waals surface area (Å²) in [4.78, 5) is 11.8. The average Bonchev–Trinajstić information content (AvgIpc) is 2.84. The number of amides is 1. The van der Waals surface area contributed by atoms with E-state index < -0.39 is 0 Å². The molecule has 18 heavy (non-hydrogen) atoms. The SMILES string of the molecule is Cc1ccc(C)c(NC(=O)CSc2nnns2)c1. The van der Waals surface area contributed by atoms with Crippen LogP contribution in [0.5, 0.6) is 0 Å². The van der Waals surface area contributed by atoms with E-state index >= 15 is 0 Å². The Kier molecular flexibility index (Phi) is 4.27. The first-order chi connectivity index (χ1) is 8.65. The summed E-state index contributed by atoms with van der Waals surface area (Å²) >= 11 is 2.52. The van der Waals surface area contributed by atoms with Gasteiger partial charge in [0.15, 0.2) is 4.34 Å². The highest BCUT2D eigenvalue weighted by molar-refractivity contribution is 8.01. The number of carbonyl (C=O) groups is 1. The van der Waals surface area contributed by atoms with Gasteiger partial charge in [-0.15, -0.1) is 5.10 Å². The van der Waals surface area contributed by atoms with Crippen LogP contribution >= 0.6 is 23.3 Å². The van der Waals surface area contributed by atoms with E-state index in [4.69, 9.17) is 0 Å². The Bertz CT molecular complexity index is 542. The van der Waals surface area contributed by atoms with Gasteiger partial charge < -0.3 is 5.32 Å². The third kappa shape index (κ3) is 3.51. The molecule has 0 aliphatic heterocycles. The van der Waals surface area contributed by atoms with E-state index in [0.29, 0.717) is 10.1 Å². The topological polar surface area (TPSA) is 67.8 Å².